The lowest BCUT2D eigenvalue weighted by atomic mass is 9.93. The summed E-state index contributed by atoms with van der Waals surface area (Å²) in [5, 5.41) is 20.4. The van der Waals surface area contributed by atoms with Gasteiger partial charge in [-0.15, -0.1) is 10.2 Å². The smallest absolute Gasteiger partial charge is 0.301 e. The molecule has 2 aliphatic rings. The minimum absolute atomic E-state index is 0.0161. The number of thioether (sulfide) groups is 1. The molecular weight excluding hydrogens is 558 g/mol. The number of aliphatic hydroxyl groups excluding tert-OH is 1. The number of aliphatic hydroxyl groups is 1. The lowest BCUT2D eigenvalue weighted by Crippen LogP contribution is -2.29. The molecule has 1 N–H and O–H groups in total. The molecule has 41 heavy (non-hydrogen) atoms. The lowest BCUT2D eigenvalue weighted by Gasteiger charge is -2.23. The predicted molar refractivity (Wildman–Crippen MR) is 159 cm³/mol. The monoisotopic (exact) mass is 585 g/mol. The molecule has 3 heterocycles. The predicted octanol–water partition coefficient (Wildman–Crippen LogP) is 6.35. The zero-order chi connectivity index (χ0) is 28.5. The number of rotatable bonds is 7. The molecule has 208 valence electrons. The average molecular weight is 586 g/mol. The van der Waals surface area contributed by atoms with E-state index in [0.29, 0.717) is 57.0 Å². The fourth-order valence-electron chi connectivity index (χ4n) is 4.83. The molecule has 4 aromatic rings. The minimum atomic E-state index is -0.885. The summed E-state index contributed by atoms with van der Waals surface area (Å²) in [6.07, 6.45) is 0. The third-order valence-corrected chi connectivity index (χ3v) is 9.11. The van der Waals surface area contributed by atoms with Crippen molar-refractivity contribution in [3.63, 3.8) is 0 Å². The molecule has 0 spiro atoms. The van der Waals surface area contributed by atoms with Crippen LogP contribution in [0.1, 0.15) is 48.1 Å². The summed E-state index contributed by atoms with van der Waals surface area (Å²) >= 11 is 2.75. The molecule has 0 radical (unpaired) electrons. The van der Waals surface area contributed by atoms with Crippen molar-refractivity contribution < 1.29 is 24.2 Å². The van der Waals surface area contributed by atoms with Gasteiger partial charge in [0.2, 0.25) is 5.13 Å². The van der Waals surface area contributed by atoms with Crippen LogP contribution in [0.3, 0.4) is 0 Å². The van der Waals surface area contributed by atoms with Crippen LogP contribution in [-0.2, 0) is 15.3 Å². The third kappa shape index (κ3) is 5.32. The Labute approximate surface area is 245 Å². The van der Waals surface area contributed by atoms with Crippen LogP contribution in [0.5, 0.6) is 11.5 Å². The Morgan fingerprint density at radius 3 is 2.46 bits per heavy atom. The summed E-state index contributed by atoms with van der Waals surface area (Å²) in [6.45, 7) is 5.01. The van der Waals surface area contributed by atoms with Crippen LogP contribution >= 0.6 is 23.1 Å². The van der Waals surface area contributed by atoms with Crippen molar-refractivity contribution in [3.05, 3.63) is 101 Å². The van der Waals surface area contributed by atoms with E-state index in [1.165, 1.54) is 28.0 Å². The van der Waals surface area contributed by atoms with Gasteiger partial charge in [0.1, 0.15) is 19.0 Å². The number of hydrogen-bond acceptors (Lipinski definition) is 9. The van der Waals surface area contributed by atoms with Crippen LogP contribution in [0, 0.1) is 0 Å². The van der Waals surface area contributed by atoms with Crippen LogP contribution in [0.25, 0.3) is 5.76 Å². The molecule has 0 bridgehead atoms. The molecule has 1 atom stereocenters. The van der Waals surface area contributed by atoms with E-state index in [1.807, 2.05) is 54.6 Å². The lowest BCUT2D eigenvalue weighted by molar-refractivity contribution is -0.132. The van der Waals surface area contributed by atoms with E-state index in [1.54, 1.807) is 18.2 Å². The second-order valence-electron chi connectivity index (χ2n) is 9.97. The van der Waals surface area contributed by atoms with E-state index in [0.717, 1.165) is 11.1 Å². The fraction of sp³-hybridized carbons (Fsp3) is 0.226. The average Bonchev–Trinajstić information content (AvgIpc) is 3.57. The summed E-state index contributed by atoms with van der Waals surface area (Å²) in [5.41, 5.74) is 3.28. The van der Waals surface area contributed by atoms with Crippen molar-refractivity contribution >= 4 is 45.7 Å². The number of amides is 1. The highest BCUT2D eigenvalue weighted by Crippen LogP contribution is 2.45. The minimum Gasteiger partial charge on any atom is -0.507 e. The van der Waals surface area contributed by atoms with Gasteiger partial charge in [-0.25, -0.2) is 0 Å². The van der Waals surface area contributed by atoms with E-state index < -0.39 is 17.7 Å². The molecule has 3 aromatic carbocycles. The van der Waals surface area contributed by atoms with Crippen molar-refractivity contribution in [2.45, 2.75) is 35.9 Å². The number of hydrogen-bond donors (Lipinski definition) is 1. The van der Waals surface area contributed by atoms with Gasteiger partial charge in [0, 0.05) is 11.3 Å². The first-order valence-corrected chi connectivity index (χ1v) is 15.0. The highest BCUT2D eigenvalue weighted by molar-refractivity contribution is 8.00. The molecule has 6 rings (SSSR count). The summed E-state index contributed by atoms with van der Waals surface area (Å²) in [4.78, 5) is 28.5. The molecule has 10 heteroatoms. The van der Waals surface area contributed by atoms with E-state index in [4.69, 9.17) is 9.47 Å². The fourth-order valence-corrected chi connectivity index (χ4v) is 6.66. The number of Topliss-reactive ketones (excluding diaryl/α,β-unsaturated/α-hetero) is 1. The van der Waals surface area contributed by atoms with Crippen molar-refractivity contribution in [2.24, 2.45) is 0 Å². The van der Waals surface area contributed by atoms with Crippen LogP contribution in [0.4, 0.5) is 5.13 Å². The van der Waals surface area contributed by atoms with Crippen molar-refractivity contribution in [1.82, 2.24) is 10.2 Å². The van der Waals surface area contributed by atoms with Crippen LogP contribution in [-0.4, -0.2) is 40.2 Å². The quantitative estimate of drug-likeness (QED) is 0.0880. The van der Waals surface area contributed by atoms with Gasteiger partial charge in [-0.05, 0) is 40.8 Å². The van der Waals surface area contributed by atoms with E-state index in [2.05, 4.69) is 24.0 Å². The number of aromatic nitrogens is 2. The SMILES string of the molecule is CC(C)c1ccc([C@@H]2/C(=C(\O)c3ccc4c(c3)OCCO4)C(=O)C(=O)N2c2nnc(SCc3ccccc3)s2)cc1. The van der Waals surface area contributed by atoms with Gasteiger partial charge in [-0.3, -0.25) is 14.5 Å². The maximum atomic E-state index is 13.6. The number of nitrogens with zero attached hydrogens (tertiary/aromatic N) is 3. The van der Waals surface area contributed by atoms with Crippen LogP contribution in [0.15, 0.2) is 82.7 Å². The van der Waals surface area contributed by atoms with Crippen LogP contribution < -0.4 is 14.4 Å². The first kappa shape index (κ1) is 27.0. The Kier molecular flexibility index (Phi) is 7.51. The standard InChI is InChI=1S/C31H27N3O5S2/c1-18(2)20-8-10-21(11-9-20)26-25(27(35)22-12-13-23-24(16-22)39-15-14-38-23)28(36)29(37)34(26)30-32-33-31(41-30)40-17-19-6-4-3-5-7-19/h3-13,16,18,26,35H,14-15,17H2,1-2H3/b27-25+/t26-/m1/s1. The molecule has 1 fully saturated rings. The van der Waals surface area contributed by atoms with Crippen molar-refractivity contribution in [2.75, 3.05) is 18.1 Å². The molecule has 8 nitrogen and oxygen atoms in total. The van der Waals surface area contributed by atoms with Gasteiger partial charge >= 0.3 is 5.91 Å². The van der Waals surface area contributed by atoms with Gasteiger partial charge in [0.15, 0.2) is 15.8 Å². The first-order chi connectivity index (χ1) is 19.9. The molecule has 0 saturated carbocycles. The number of anilines is 1. The maximum Gasteiger partial charge on any atom is 0.301 e. The van der Waals surface area contributed by atoms with E-state index in [9.17, 15) is 14.7 Å². The summed E-state index contributed by atoms with van der Waals surface area (Å²) < 4.78 is 12.0. The summed E-state index contributed by atoms with van der Waals surface area (Å²) in [6, 6.07) is 21.8. The topological polar surface area (TPSA) is 102 Å². The highest BCUT2D eigenvalue weighted by Gasteiger charge is 2.48. The number of ether oxygens (including phenoxy) is 2. The summed E-state index contributed by atoms with van der Waals surface area (Å²) in [7, 11) is 0. The van der Waals surface area contributed by atoms with E-state index in [-0.39, 0.29) is 11.3 Å². The molecule has 2 aliphatic heterocycles. The van der Waals surface area contributed by atoms with Crippen LogP contribution in [0.2, 0.25) is 0 Å². The van der Waals surface area contributed by atoms with Gasteiger partial charge in [-0.2, -0.15) is 0 Å². The van der Waals surface area contributed by atoms with Crippen molar-refractivity contribution in [1.29, 1.82) is 0 Å². The van der Waals surface area contributed by atoms with E-state index >= 15 is 0 Å². The maximum absolute atomic E-state index is 13.6. The van der Waals surface area contributed by atoms with Gasteiger partial charge in [0.25, 0.3) is 5.78 Å². The molecule has 1 amide bonds. The zero-order valence-electron chi connectivity index (χ0n) is 22.4. The second kappa shape index (κ2) is 11.4. The Balaban J connectivity index is 1.40. The highest BCUT2D eigenvalue weighted by atomic mass is 32.2. The Morgan fingerprint density at radius 2 is 1.73 bits per heavy atom. The van der Waals surface area contributed by atoms with Gasteiger partial charge in [0.05, 0.1) is 11.6 Å². The Bertz CT molecular complexity index is 1630. The molecule has 1 saturated heterocycles. The Hall–Kier alpha value is -4.15. The number of fused-ring (bicyclic) bond motifs is 1. The molecule has 0 aliphatic carbocycles. The number of ketones is 1. The second-order valence-corrected chi connectivity index (χ2v) is 12.2. The molecule has 0 unspecified atom stereocenters. The first-order valence-electron chi connectivity index (χ1n) is 13.2. The zero-order valence-corrected chi connectivity index (χ0v) is 24.1. The van der Waals surface area contributed by atoms with Gasteiger partial charge < -0.3 is 14.6 Å². The third-order valence-electron chi connectivity index (χ3n) is 6.99. The number of carbonyl (C=O) groups excluding carboxylic acids is 2. The number of benzene rings is 3. The summed E-state index contributed by atoms with van der Waals surface area (Å²) in [5.74, 6) is 0.185. The largest absolute Gasteiger partial charge is 0.507 e. The number of carbonyl (C=O) groups is 2. The Morgan fingerprint density at radius 1 is 1.00 bits per heavy atom. The van der Waals surface area contributed by atoms with Crippen molar-refractivity contribution in [3.8, 4) is 11.5 Å². The van der Waals surface area contributed by atoms with Gasteiger partial charge in [-0.1, -0.05) is 91.5 Å². The normalized spacial score (nSPS) is 17.8. The molecule has 1 aromatic heterocycles. The molecular formula is C31H27N3O5S2.